The predicted molar refractivity (Wildman–Crippen MR) is 65.8 cm³/mol. The third-order valence-electron chi connectivity index (χ3n) is 2.26. The molecule has 0 spiro atoms. The van der Waals surface area contributed by atoms with Gasteiger partial charge in [0.25, 0.3) is 0 Å². The van der Waals surface area contributed by atoms with Crippen molar-refractivity contribution in [1.29, 1.82) is 0 Å². The van der Waals surface area contributed by atoms with Gasteiger partial charge in [-0.05, 0) is 26.2 Å². The fourth-order valence-electron chi connectivity index (χ4n) is 1.43. The van der Waals surface area contributed by atoms with E-state index in [0.717, 1.165) is 16.9 Å². The van der Waals surface area contributed by atoms with Crippen LogP contribution in [0.25, 0.3) is 0 Å². The first-order valence-electron chi connectivity index (χ1n) is 5.11. The number of halogens is 1. The summed E-state index contributed by atoms with van der Waals surface area (Å²) in [5.41, 5.74) is 1.86. The molecule has 1 rings (SSSR count). The van der Waals surface area contributed by atoms with E-state index in [1.165, 1.54) is 6.07 Å². The number of thioether (sulfide) groups is 1. The zero-order chi connectivity index (χ0) is 11.3. The molecule has 1 nitrogen and oxygen atoms in total. The number of nitrogens with one attached hydrogen (secondary N) is 1. The van der Waals surface area contributed by atoms with Gasteiger partial charge in [0.1, 0.15) is 5.82 Å². The van der Waals surface area contributed by atoms with Crippen LogP contribution in [0.4, 0.5) is 4.39 Å². The molecule has 1 aromatic carbocycles. The molecule has 0 aliphatic heterocycles. The molecule has 84 valence electrons. The molecule has 1 N–H and O–H groups in total. The summed E-state index contributed by atoms with van der Waals surface area (Å²) in [6, 6.07) is 5.64. The van der Waals surface area contributed by atoms with Gasteiger partial charge < -0.3 is 5.32 Å². The zero-order valence-electron chi connectivity index (χ0n) is 9.51. The van der Waals surface area contributed by atoms with Gasteiger partial charge in [0.05, 0.1) is 0 Å². The summed E-state index contributed by atoms with van der Waals surface area (Å²) in [5.74, 6) is 0.928. The minimum Gasteiger partial charge on any atom is -0.309 e. The van der Waals surface area contributed by atoms with Crippen molar-refractivity contribution >= 4 is 11.8 Å². The largest absolute Gasteiger partial charge is 0.309 e. The topological polar surface area (TPSA) is 12.0 Å². The number of hydrogen-bond donors (Lipinski definition) is 1. The molecule has 0 aliphatic carbocycles. The van der Waals surface area contributed by atoms with E-state index in [9.17, 15) is 4.39 Å². The molecule has 0 aliphatic rings. The van der Waals surface area contributed by atoms with Gasteiger partial charge in [0.15, 0.2) is 0 Å². The van der Waals surface area contributed by atoms with Gasteiger partial charge >= 0.3 is 0 Å². The van der Waals surface area contributed by atoms with Crippen LogP contribution in [0.5, 0.6) is 0 Å². The van der Waals surface area contributed by atoms with E-state index in [0.29, 0.717) is 12.6 Å². The summed E-state index contributed by atoms with van der Waals surface area (Å²) < 4.78 is 13.4. The fourth-order valence-corrected chi connectivity index (χ4v) is 2.05. The lowest BCUT2D eigenvalue weighted by atomic mass is 10.1. The standard InChI is InChI=1S/C12H18FNS/c1-9-4-5-12(13)11(6-9)7-14-10(2)8-15-3/h4-6,10,14H,7-8H2,1-3H3. The van der Waals surface area contributed by atoms with Crippen molar-refractivity contribution in [3.05, 3.63) is 35.1 Å². The molecule has 0 saturated carbocycles. The predicted octanol–water partition coefficient (Wildman–Crippen LogP) is 2.98. The minimum atomic E-state index is -0.121. The molecule has 0 fully saturated rings. The van der Waals surface area contributed by atoms with Crippen molar-refractivity contribution in [1.82, 2.24) is 5.32 Å². The average molecular weight is 227 g/mol. The van der Waals surface area contributed by atoms with Crippen LogP contribution in [0.2, 0.25) is 0 Å². The third-order valence-corrected chi connectivity index (χ3v) is 3.09. The van der Waals surface area contributed by atoms with Crippen LogP contribution in [0.15, 0.2) is 18.2 Å². The van der Waals surface area contributed by atoms with Crippen molar-refractivity contribution in [2.45, 2.75) is 26.4 Å². The summed E-state index contributed by atoms with van der Waals surface area (Å²) in [4.78, 5) is 0. The SMILES string of the molecule is CSCC(C)NCc1cc(C)ccc1F. The van der Waals surface area contributed by atoms with Gasteiger partial charge in [-0.25, -0.2) is 4.39 Å². The lowest BCUT2D eigenvalue weighted by molar-refractivity contribution is 0.557. The van der Waals surface area contributed by atoms with Crippen LogP contribution in [-0.4, -0.2) is 18.1 Å². The highest BCUT2D eigenvalue weighted by Gasteiger charge is 2.04. The molecular weight excluding hydrogens is 209 g/mol. The molecule has 0 bridgehead atoms. The second-order valence-corrected chi connectivity index (χ2v) is 4.74. The Labute approximate surface area is 95.5 Å². The summed E-state index contributed by atoms with van der Waals surface area (Å²) >= 11 is 1.80. The van der Waals surface area contributed by atoms with Crippen molar-refractivity contribution in [3.8, 4) is 0 Å². The number of aryl methyl sites for hydroxylation is 1. The van der Waals surface area contributed by atoms with E-state index in [1.807, 2.05) is 13.0 Å². The van der Waals surface area contributed by atoms with Gasteiger partial charge in [-0.1, -0.05) is 17.7 Å². The lowest BCUT2D eigenvalue weighted by Gasteiger charge is -2.13. The monoisotopic (exact) mass is 227 g/mol. The van der Waals surface area contributed by atoms with Crippen LogP contribution in [0, 0.1) is 12.7 Å². The van der Waals surface area contributed by atoms with E-state index in [-0.39, 0.29) is 5.82 Å². The van der Waals surface area contributed by atoms with Gasteiger partial charge in [-0.2, -0.15) is 11.8 Å². The Morgan fingerprint density at radius 2 is 2.20 bits per heavy atom. The Bertz CT molecular complexity index is 314. The summed E-state index contributed by atoms with van der Waals surface area (Å²) in [7, 11) is 0. The van der Waals surface area contributed by atoms with E-state index in [2.05, 4.69) is 18.5 Å². The quantitative estimate of drug-likeness (QED) is 0.830. The Morgan fingerprint density at radius 3 is 2.87 bits per heavy atom. The van der Waals surface area contributed by atoms with Crippen LogP contribution >= 0.6 is 11.8 Å². The van der Waals surface area contributed by atoms with Crippen molar-refractivity contribution in [2.24, 2.45) is 0 Å². The molecule has 0 saturated heterocycles. The fraction of sp³-hybridized carbons (Fsp3) is 0.500. The molecule has 1 aromatic rings. The zero-order valence-corrected chi connectivity index (χ0v) is 10.3. The van der Waals surface area contributed by atoms with Crippen molar-refractivity contribution < 1.29 is 4.39 Å². The number of hydrogen-bond acceptors (Lipinski definition) is 2. The van der Waals surface area contributed by atoms with Gasteiger partial charge in [0, 0.05) is 23.9 Å². The van der Waals surface area contributed by atoms with Gasteiger partial charge in [0.2, 0.25) is 0 Å². The highest BCUT2D eigenvalue weighted by molar-refractivity contribution is 7.98. The van der Waals surface area contributed by atoms with Crippen LogP contribution in [0.3, 0.4) is 0 Å². The third kappa shape index (κ3) is 4.22. The van der Waals surface area contributed by atoms with Crippen molar-refractivity contribution in [2.75, 3.05) is 12.0 Å². The van der Waals surface area contributed by atoms with E-state index >= 15 is 0 Å². The highest BCUT2D eigenvalue weighted by Crippen LogP contribution is 2.10. The molecule has 3 heteroatoms. The van der Waals surface area contributed by atoms with E-state index in [1.54, 1.807) is 17.8 Å². The van der Waals surface area contributed by atoms with Gasteiger partial charge in [-0.3, -0.25) is 0 Å². The maximum Gasteiger partial charge on any atom is 0.127 e. The Kier molecular flexibility index (Phi) is 5.12. The van der Waals surface area contributed by atoms with E-state index in [4.69, 9.17) is 0 Å². The highest BCUT2D eigenvalue weighted by atomic mass is 32.2. The molecule has 0 aromatic heterocycles. The molecule has 1 unspecified atom stereocenters. The number of benzene rings is 1. The Balaban J connectivity index is 2.53. The maximum absolute atomic E-state index is 13.4. The summed E-state index contributed by atoms with van der Waals surface area (Å²) in [6.07, 6.45) is 2.07. The van der Waals surface area contributed by atoms with Gasteiger partial charge in [-0.15, -0.1) is 0 Å². The first-order valence-corrected chi connectivity index (χ1v) is 6.50. The van der Waals surface area contributed by atoms with Crippen LogP contribution in [-0.2, 0) is 6.54 Å². The molecule has 15 heavy (non-hydrogen) atoms. The first-order chi connectivity index (χ1) is 7.13. The maximum atomic E-state index is 13.4. The molecule has 0 heterocycles. The Morgan fingerprint density at radius 1 is 1.47 bits per heavy atom. The molecule has 1 atom stereocenters. The smallest absolute Gasteiger partial charge is 0.127 e. The second kappa shape index (κ2) is 6.13. The lowest BCUT2D eigenvalue weighted by Crippen LogP contribution is -2.27. The van der Waals surface area contributed by atoms with Crippen molar-refractivity contribution in [3.63, 3.8) is 0 Å². The Hall–Kier alpha value is -0.540. The number of rotatable bonds is 5. The minimum absolute atomic E-state index is 0.121. The normalized spacial score (nSPS) is 12.8. The average Bonchev–Trinajstić information content (AvgIpc) is 2.20. The summed E-state index contributed by atoms with van der Waals surface area (Å²) in [6.45, 7) is 4.70. The summed E-state index contributed by atoms with van der Waals surface area (Å²) in [5, 5.41) is 3.31. The first kappa shape index (κ1) is 12.5. The van der Waals surface area contributed by atoms with Crippen LogP contribution < -0.4 is 5.32 Å². The van der Waals surface area contributed by atoms with Crippen LogP contribution in [0.1, 0.15) is 18.1 Å². The molecular formula is C12H18FNS. The molecule has 0 amide bonds. The molecule has 0 radical (unpaired) electrons. The second-order valence-electron chi connectivity index (χ2n) is 3.83. The van der Waals surface area contributed by atoms with E-state index < -0.39 is 0 Å².